The number of carbonyl (C=O) groups excluding carboxylic acids is 1. The number of amides is 1. The van der Waals surface area contributed by atoms with Gasteiger partial charge < -0.3 is 14.3 Å². The van der Waals surface area contributed by atoms with Crippen molar-refractivity contribution < 1.29 is 9.21 Å². The fourth-order valence-corrected chi connectivity index (χ4v) is 2.74. The number of rotatable bonds is 4. The van der Waals surface area contributed by atoms with Crippen LogP contribution in [-0.4, -0.2) is 15.5 Å². The third kappa shape index (κ3) is 3.12. The molecule has 0 unspecified atom stereocenters. The molecule has 0 spiro atoms. The summed E-state index contributed by atoms with van der Waals surface area (Å²) in [6.45, 7) is 0.269. The number of hydrogen-bond acceptors (Lipinski definition) is 4. The van der Waals surface area contributed by atoms with Crippen LogP contribution < -0.4 is 10.9 Å². The van der Waals surface area contributed by atoms with Crippen molar-refractivity contribution in [3.05, 3.63) is 94.9 Å². The molecule has 4 rings (SSSR count). The van der Waals surface area contributed by atoms with Crippen LogP contribution in [0.15, 0.2) is 82.3 Å². The predicted octanol–water partition coefficient (Wildman–Crippen LogP) is 3.29. The molecule has 3 aromatic heterocycles. The van der Waals surface area contributed by atoms with Gasteiger partial charge in [-0.2, -0.15) is 0 Å². The van der Waals surface area contributed by atoms with Crippen molar-refractivity contribution in [3.8, 4) is 0 Å². The van der Waals surface area contributed by atoms with Crippen LogP contribution in [0.4, 0.5) is 5.69 Å². The first kappa shape index (κ1) is 15.8. The number of fused-ring (bicyclic) bond motifs is 1. The van der Waals surface area contributed by atoms with Crippen molar-refractivity contribution >= 4 is 22.5 Å². The molecule has 4 aromatic rings. The maximum atomic E-state index is 12.5. The SMILES string of the molecule is O=C(Nc1cccc2ncccc12)c1ccc(Cn2ccccc2=O)o1. The Hall–Kier alpha value is -3.67. The first-order valence-electron chi connectivity index (χ1n) is 8.10. The fraction of sp³-hybridized carbons (Fsp3) is 0.0500. The van der Waals surface area contributed by atoms with E-state index in [9.17, 15) is 9.59 Å². The highest BCUT2D eigenvalue weighted by molar-refractivity contribution is 6.07. The Labute approximate surface area is 148 Å². The van der Waals surface area contributed by atoms with Gasteiger partial charge in [0.2, 0.25) is 0 Å². The van der Waals surface area contributed by atoms with Gasteiger partial charge in [-0.05, 0) is 42.5 Å². The topological polar surface area (TPSA) is 77.1 Å². The summed E-state index contributed by atoms with van der Waals surface area (Å²) in [6.07, 6.45) is 3.38. The van der Waals surface area contributed by atoms with Crippen LogP contribution in [0.25, 0.3) is 10.9 Å². The van der Waals surface area contributed by atoms with Crippen molar-refractivity contribution in [2.24, 2.45) is 0 Å². The number of aromatic nitrogens is 2. The van der Waals surface area contributed by atoms with Gasteiger partial charge in [-0.25, -0.2) is 0 Å². The fourth-order valence-electron chi connectivity index (χ4n) is 2.74. The number of hydrogen-bond donors (Lipinski definition) is 1. The molecule has 0 saturated heterocycles. The molecule has 1 N–H and O–H groups in total. The van der Waals surface area contributed by atoms with Gasteiger partial charge in [-0.15, -0.1) is 0 Å². The average molecular weight is 345 g/mol. The molecule has 0 fully saturated rings. The Morgan fingerprint density at radius 2 is 1.96 bits per heavy atom. The summed E-state index contributed by atoms with van der Waals surface area (Å²) < 4.78 is 7.11. The number of pyridine rings is 2. The lowest BCUT2D eigenvalue weighted by atomic mass is 10.2. The van der Waals surface area contributed by atoms with Gasteiger partial charge in [0, 0.05) is 23.8 Å². The van der Waals surface area contributed by atoms with E-state index in [2.05, 4.69) is 10.3 Å². The van der Waals surface area contributed by atoms with Crippen molar-refractivity contribution in [1.82, 2.24) is 9.55 Å². The smallest absolute Gasteiger partial charge is 0.291 e. The Morgan fingerprint density at radius 1 is 1.04 bits per heavy atom. The van der Waals surface area contributed by atoms with Gasteiger partial charge in [0.05, 0.1) is 17.7 Å². The number of benzene rings is 1. The quantitative estimate of drug-likeness (QED) is 0.616. The zero-order valence-corrected chi connectivity index (χ0v) is 13.8. The molecule has 0 saturated carbocycles. The lowest BCUT2D eigenvalue weighted by molar-refractivity contribution is 0.0995. The van der Waals surface area contributed by atoms with E-state index in [4.69, 9.17) is 4.42 Å². The summed E-state index contributed by atoms with van der Waals surface area (Å²) >= 11 is 0. The van der Waals surface area contributed by atoms with E-state index in [1.54, 1.807) is 36.7 Å². The molecule has 0 bridgehead atoms. The van der Waals surface area contributed by atoms with E-state index in [0.29, 0.717) is 11.4 Å². The molecule has 0 aliphatic rings. The van der Waals surface area contributed by atoms with E-state index in [1.807, 2.05) is 30.3 Å². The molecule has 0 aliphatic carbocycles. The molecule has 0 aliphatic heterocycles. The normalized spacial score (nSPS) is 10.8. The van der Waals surface area contributed by atoms with E-state index in [1.165, 1.54) is 10.6 Å². The molecule has 3 heterocycles. The van der Waals surface area contributed by atoms with Gasteiger partial charge in [0.1, 0.15) is 5.76 Å². The highest BCUT2D eigenvalue weighted by atomic mass is 16.4. The van der Waals surface area contributed by atoms with Gasteiger partial charge >= 0.3 is 0 Å². The van der Waals surface area contributed by atoms with Crippen LogP contribution in [0.5, 0.6) is 0 Å². The Balaban J connectivity index is 1.55. The third-order valence-corrected chi connectivity index (χ3v) is 4.00. The van der Waals surface area contributed by atoms with Crippen LogP contribution in [0.3, 0.4) is 0 Å². The Kier molecular flexibility index (Phi) is 4.07. The number of furan rings is 1. The van der Waals surface area contributed by atoms with Crippen molar-refractivity contribution in [3.63, 3.8) is 0 Å². The summed E-state index contributed by atoms with van der Waals surface area (Å²) in [7, 11) is 0. The molecule has 128 valence electrons. The standard InChI is InChI=1S/C20H15N3O3/c24-19-8-1-2-12-23(19)13-14-9-10-18(26-14)20(25)22-17-7-3-6-16-15(17)5-4-11-21-16/h1-12H,13H2,(H,22,25). The van der Waals surface area contributed by atoms with Gasteiger partial charge in [-0.3, -0.25) is 14.6 Å². The molecule has 1 amide bonds. The summed E-state index contributed by atoms with van der Waals surface area (Å²) in [5.74, 6) is 0.362. The number of anilines is 1. The van der Waals surface area contributed by atoms with Crippen LogP contribution >= 0.6 is 0 Å². The average Bonchev–Trinajstić information content (AvgIpc) is 3.13. The number of carbonyl (C=O) groups is 1. The van der Waals surface area contributed by atoms with E-state index < -0.39 is 0 Å². The maximum absolute atomic E-state index is 12.5. The molecule has 0 radical (unpaired) electrons. The summed E-state index contributed by atoms with van der Waals surface area (Å²) in [4.78, 5) is 28.5. The minimum Gasteiger partial charge on any atom is -0.454 e. The zero-order chi connectivity index (χ0) is 17.9. The van der Waals surface area contributed by atoms with Crippen LogP contribution in [0.1, 0.15) is 16.3 Å². The summed E-state index contributed by atoms with van der Waals surface area (Å²) in [5, 5.41) is 3.70. The Bertz CT molecular complexity index is 1140. The second kappa shape index (κ2) is 6.68. The molecule has 26 heavy (non-hydrogen) atoms. The zero-order valence-electron chi connectivity index (χ0n) is 13.8. The first-order chi connectivity index (χ1) is 12.7. The van der Waals surface area contributed by atoms with Gasteiger partial charge in [0.25, 0.3) is 11.5 Å². The molecular formula is C20H15N3O3. The summed E-state index contributed by atoms with van der Waals surface area (Å²) in [6, 6.07) is 17.5. The molecule has 1 aromatic carbocycles. The molecular weight excluding hydrogens is 330 g/mol. The van der Waals surface area contributed by atoms with Crippen LogP contribution in [-0.2, 0) is 6.54 Å². The lowest BCUT2D eigenvalue weighted by Gasteiger charge is -2.07. The van der Waals surface area contributed by atoms with E-state index in [0.717, 1.165) is 10.9 Å². The molecule has 0 atom stereocenters. The van der Waals surface area contributed by atoms with Crippen LogP contribution in [0.2, 0.25) is 0 Å². The van der Waals surface area contributed by atoms with Crippen LogP contribution in [0, 0.1) is 0 Å². The molecule has 6 heteroatoms. The Morgan fingerprint density at radius 3 is 2.85 bits per heavy atom. The first-order valence-corrected chi connectivity index (χ1v) is 8.10. The summed E-state index contributed by atoms with van der Waals surface area (Å²) in [5.41, 5.74) is 1.34. The number of nitrogens with zero attached hydrogens (tertiary/aromatic N) is 2. The second-order valence-corrected chi connectivity index (χ2v) is 5.76. The second-order valence-electron chi connectivity index (χ2n) is 5.76. The maximum Gasteiger partial charge on any atom is 0.291 e. The molecule has 6 nitrogen and oxygen atoms in total. The number of nitrogens with one attached hydrogen (secondary N) is 1. The highest BCUT2D eigenvalue weighted by Gasteiger charge is 2.13. The minimum absolute atomic E-state index is 0.127. The highest BCUT2D eigenvalue weighted by Crippen LogP contribution is 2.22. The monoisotopic (exact) mass is 345 g/mol. The van der Waals surface area contributed by atoms with E-state index in [-0.39, 0.29) is 23.8 Å². The lowest BCUT2D eigenvalue weighted by Crippen LogP contribution is -2.18. The largest absolute Gasteiger partial charge is 0.454 e. The minimum atomic E-state index is -0.354. The van der Waals surface area contributed by atoms with Gasteiger partial charge in [0.15, 0.2) is 5.76 Å². The van der Waals surface area contributed by atoms with Crippen molar-refractivity contribution in [2.45, 2.75) is 6.54 Å². The van der Waals surface area contributed by atoms with E-state index >= 15 is 0 Å². The van der Waals surface area contributed by atoms with Gasteiger partial charge in [-0.1, -0.05) is 12.1 Å². The van der Waals surface area contributed by atoms with Crippen molar-refractivity contribution in [1.29, 1.82) is 0 Å². The third-order valence-electron chi connectivity index (χ3n) is 4.00. The predicted molar refractivity (Wildman–Crippen MR) is 98.2 cm³/mol. The van der Waals surface area contributed by atoms with Crippen molar-refractivity contribution in [2.75, 3.05) is 5.32 Å².